The fourth-order valence-corrected chi connectivity index (χ4v) is 4.29. The molecule has 1 amide bonds. The smallest absolute Gasteiger partial charge is 0.273 e. The highest BCUT2D eigenvalue weighted by Crippen LogP contribution is 2.40. The number of carbonyl (C=O) groups is 1. The third-order valence-electron chi connectivity index (χ3n) is 4.93. The zero-order valence-electron chi connectivity index (χ0n) is 13.2. The first kappa shape index (κ1) is 15.4. The van der Waals surface area contributed by atoms with E-state index in [0.29, 0.717) is 11.6 Å². The molecule has 1 atom stereocenters. The summed E-state index contributed by atoms with van der Waals surface area (Å²) in [6, 6.07) is 0. The lowest BCUT2D eigenvalue weighted by Crippen LogP contribution is -2.47. The maximum absolute atomic E-state index is 13.0. The first-order valence-electron chi connectivity index (χ1n) is 8.05. The van der Waals surface area contributed by atoms with Crippen molar-refractivity contribution in [2.24, 2.45) is 5.41 Å². The van der Waals surface area contributed by atoms with Crippen molar-refractivity contribution in [3.05, 3.63) is 34.8 Å². The van der Waals surface area contributed by atoms with Gasteiger partial charge in [-0.1, -0.05) is 0 Å². The van der Waals surface area contributed by atoms with Crippen molar-refractivity contribution in [3.63, 3.8) is 0 Å². The van der Waals surface area contributed by atoms with Crippen LogP contribution in [0, 0.1) is 11.2 Å². The van der Waals surface area contributed by atoms with Gasteiger partial charge in [-0.2, -0.15) is 0 Å². The van der Waals surface area contributed by atoms with Gasteiger partial charge in [-0.3, -0.25) is 4.79 Å². The number of amides is 1. The SMILES string of the molecule is O=C(c1cscn1)N1CCCC2(CCN(c3ncc(F)cn3)C2)C1. The molecule has 0 saturated carbocycles. The Morgan fingerprint density at radius 3 is 2.75 bits per heavy atom. The maximum Gasteiger partial charge on any atom is 0.273 e. The molecule has 4 rings (SSSR count). The van der Waals surface area contributed by atoms with E-state index in [4.69, 9.17) is 0 Å². The topological polar surface area (TPSA) is 62.2 Å². The number of hydrogen-bond acceptors (Lipinski definition) is 6. The molecular weight excluding hydrogens is 329 g/mol. The highest BCUT2D eigenvalue weighted by molar-refractivity contribution is 7.07. The molecule has 2 aromatic heterocycles. The Morgan fingerprint density at radius 1 is 1.17 bits per heavy atom. The molecule has 0 bridgehead atoms. The molecule has 4 heterocycles. The number of rotatable bonds is 2. The van der Waals surface area contributed by atoms with E-state index >= 15 is 0 Å². The Morgan fingerprint density at radius 2 is 2.00 bits per heavy atom. The third-order valence-corrected chi connectivity index (χ3v) is 5.51. The lowest BCUT2D eigenvalue weighted by atomic mass is 9.79. The Kier molecular flexibility index (Phi) is 3.91. The fraction of sp³-hybridized carbons (Fsp3) is 0.500. The van der Waals surface area contributed by atoms with Gasteiger partial charge < -0.3 is 9.80 Å². The van der Waals surface area contributed by atoms with E-state index in [1.165, 1.54) is 23.7 Å². The lowest BCUT2D eigenvalue weighted by molar-refractivity contribution is 0.0551. The molecule has 0 aromatic carbocycles. The van der Waals surface area contributed by atoms with Crippen LogP contribution in [-0.2, 0) is 0 Å². The highest BCUT2D eigenvalue weighted by atomic mass is 32.1. The van der Waals surface area contributed by atoms with Gasteiger partial charge in [0.2, 0.25) is 5.95 Å². The van der Waals surface area contributed by atoms with Crippen LogP contribution in [0.25, 0.3) is 0 Å². The van der Waals surface area contributed by atoms with Crippen LogP contribution < -0.4 is 4.90 Å². The van der Waals surface area contributed by atoms with E-state index in [1.807, 2.05) is 4.90 Å². The summed E-state index contributed by atoms with van der Waals surface area (Å²) < 4.78 is 13.0. The van der Waals surface area contributed by atoms with Crippen LogP contribution in [0.5, 0.6) is 0 Å². The molecule has 0 N–H and O–H groups in total. The summed E-state index contributed by atoms with van der Waals surface area (Å²) in [6.07, 6.45) is 5.48. The number of nitrogens with zero attached hydrogens (tertiary/aromatic N) is 5. The van der Waals surface area contributed by atoms with Gasteiger partial charge in [0.15, 0.2) is 5.82 Å². The number of anilines is 1. The molecule has 2 aliphatic rings. The number of halogens is 1. The minimum Gasteiger partial charge on any atom is -0.340 e. The number of hydrogen-bond donors (Lipinski definition) is 0. The minimum absolute atomic E-state index is 0.0202. The molecule has 2 aliphatic heterocycles. The zero-order valence-corrected chi connectivity index (χ0v) is 14.0. The number of thiazole rings is 1. The summed E-state index contributed by atoms with van der Waals surface area (Å²) in [5, 5.41) is 1.80. The summed E-state index contributed by atoms with van der Waals surface area (Å²) in [4.78, 5) is 28.9. The van der Waals surface area contributed by atoms with Crippen molar-refractivity contribution >= 4 is 23.2 Å². The van der Waals surface area contributed by atoms with Crippen LogP contribution in [0.15, 0.2) is 23.3 Å². The third kappa shape index (κ3) is 2.86. The highest BCUT2D eigenvalue weighted by Gasteiger charge is 2.43. The summed E-state index contributed by atoms with van der Waals surface area (Å²) >= 11 is 1.44. The second-order valence-corrected chi connectivity index (χ2v) is 7.30. The quantitative estimate of drug-likeness (QED) is 0.833. The molecule has 24 heavy (non-hydrogen) atoms. The van der Waals surface area contributed by atoms with Gasteiger partial charge in [0.05, 0.1) is 17.9 Å². The second kappa shape index (κ2) is 6.08. The summed E-state index contributed by atoms with van der Waals surface area (Å²) in [5.74, 6) is 0.161. The van der Waals surface area contributed by atoms with Gasteiger partial charge in [0, 0.05) is 37.0 Å². The average molecular weight is 347 g/mol. The van der Waals surface area contributed by atoms with Gasteiger partial charge in [-0.05, 0) is 19.3 Å². The van der Waals surface area contributed by atoms with E-state index in [2.05, 4.69) is 19.9 Å². The van der Waals surface area contributed by atoms with Gasteiger partial charge in [-0.15, -0.1) is 11.3 Å². The van der Waals surface area contributed by atoms with E-state index < -0.39 is 5.82 Å². The Hall–Kier alpha value is -2.09. The van der Waals surface area contributed by atoms with Crippen molar-refractivity contribution in [3.8, 4) is 0 Å². The van der Waals surface area contributed by atoms with Crippen molar-refractivity contribution in [1.82, 2.24) is 19.9 Å². The lowest BCUT2D eigenvalue weighted by Gasteiger charge is -2.40. The predicted octanol–water partition coefficient (Wildman–Crippen LogP) is 2.20. The van der Waals surface area contributed by atoms with Gasteiger partial charge in [0.25, 0.3) is 5.91 Å². The number of aromatic nitrogens is 3. The molecule has 6 nitrogen and oxygen atoms in total. The van der Waals surface area contributed by atoms with Crippen LogP contribution in [0.3, 0.4) is 0 Å². The molecule has 0 radical (unpaired) electrons. The van der Waals surface area contributed by atoms with Crippen molar-refractivity contribution < 1.29 is 9.18 Å². The zero-order chi connectivity index (χ0) is 16.6. The molecule has 2 saturated heterocycles. The summed E-state index contributed by atoms with van der Waals surface area (Å²) in [6.45, 7) is 3.16. The molecule has 8 heteroatoms. The van der Waals surface area contributed by atoms with Crippen molar-refractivity contribution in [2.75, 3.05) is 31.1 Å². The fourth-order valence-electron chi connectivity index (χ4n) is 3.77. The molecule has 126 valence electrons. The number of likely N-dealkylation sites (tertiary alicyclic amines) is 1. The monoisotopic (exact) mass is 347 g/mol. The van der Waals surface area contributed by atoms with Gasteiger partial charge in [-0.25, -0.2) is 19.3 Å². The summed E-state index contributed by atoms with van der Waals surface area (Å²) in [7, 11) is 0. The van der Waals surface area contributed by atoms with Crippen LogP contribution >= 0.6 is 11.3 Å². The average Bonchev–Trinajstić information content (AvgIpc) is 3.26. The van der Waals surface area contributed by atoms with E-state index in [-0.39, 0.29) is 11.3 Å². The first-order valence-corrected chi connectivity index (χ1v) is 9.00. The first-order chi connectivity index (χ1) is 11.7. The Labute approximate surface area is 143 Å². The van der Waals surface area contributed by atoms with Crippen molar-refractivity contribution in [1.29, 1.82) is 0 Å². The largest absolute Gasteiger partial charge is 0.340 e. The molecule has 0 aliphatic carbocycles. The maximum atomic E-state index is 13.0. The molecule has 2 aromatic rings. The van der Waals surface area contributed by atoms with Crippen LogP contribution in [0.4, 0.5) is 10.3 Å². The predicted molar refractivity (Wildman–Crippen MR) is 88.5 cm³/mol. The standard InChI is InChI=1S/C16H18FN5OS/c17-12-6-18-15(19-7-12)22-5-3-16(10-22)2-1-4-21(9-16)14(23)13-8-24-11-20-13/h6-8,11H,1-5,9-10H2. The van der Waals surface area contributed by atoms with E-state index in [9.17, 15) is 9.18 Å². The number of piperidine rings is 1. The molecule has 2 fully saturated rings. The van der Waals surface area contributed by atoms with E-state index in [1.54, 1.807) is 10.9 Å². The number of carbonyl (C=O) groups excluding carboxylic acids is 1. The molecule has 1 unspecified atom stereocenters. The molecule has 1 spiro atoms. The second-order valence-electron chi connectivity index (χ2n) is 6.58. The van der Waals surface area contributed by atoms with E-state index in [0.717, 1.165) is 45.4 Å². The normalized spacial score (nSPS) is 23.9. The summed E-state index contributed by atoms with van der Waals surface area (Å²) in [5.41, 5.74) is 2.30. The molecular formula is C16H18FN5OS. The van der Waals surface area contributed by atoms with Crippen molar-refractivity contribution in [2.45, 2.75) is 19.3 Å². The van der Waals surface area contributed by atoms with Gasteiger partial charge in [0.1, 0.15) is 5.69 Å². The Balaban J connectivity index is 1.47. The van der Waals surface area contributed by atoms with Crippen LogP contribution in [0.2, 0.25) is 0 Å². The minimum atomic E-state index is -0.426. The van der Waals surface area contributed by atoms with Gasteiger partial charge >= 0.3 is 0 Å². The Bertz CT molecular complexity index is 723. The van der Waals surface area contributed by atoms with Crippen LogP contribution in [-0.4, -0.2) is 51.9 Å². The van der Waals surface area contributed by atoms with Crippen LogP contribution in [0.1, 0.15) is 29.8 Å².